The van der Waals surface area contributed by atoms with Crippen molar-refractivity contribution in [2.75, 3.05) is 5.32 Å². The topological polar surface area (TPSA) is 112 Å². The number of aromatic amines is 2. The molecule has 2 heterocycles. The number of hydrogen-bond acceptors (Lipinski definition) is 5. The van der Waals surface area contributed by atoms with Crippen LogP contribution in [0.5, 0.6) is 0 Å². The lowest BCUT2D eigenvalue weighted by Crippen LogP contribution is -2.15. The predicted octanol–water partition coefficient (Wildman–Crippen LogP) is 3.01. The van der Waals surface area contributed by atoms with E-state index in [9.17, 15) is 18.0 Å². The maximum atomic E-state index is 13.1. The van der Waals surface area contributed by atoms with E-state index in [1.165, 1.54) is 6.33 Å². The number of hydrogen-bond donors (Lipinski definition) is 3. The summed E-state index contributed by atoms with van der Waals surface area (Å²) in [6.07, 6.45) is -3.36. The molecule has 27 heavy (non-hydrogen) atoms. The number of rotatable bonds is 3. The van der Waals surface area contributed by atoms with Crippen LogP contribution in [-0.2, 0) is 6.18 Å². The molecule has 0 aliphatic carbocycles. The maximum absolute atomic E-state index is 13.1. The lowest BCUT2D eigenvalue weighted by Gasteiger charge is -2.11. The Hall–Kier alpha value is -3.76. The fraction of sp³-hybridized carbons (Fsp3) is 0.0625. The van der Waals surface area contributed by atoms with Gasteiger partial charge in [0.1, 0.15) is 0 Å². The number of anilines is 1. The van der Waals surface area contributed by atoms with E-state index in [2.05, 4.69) is 35.9 Å². The van der Waals surface area contributed by atoms with Crippen molar-refractivity contribution in [2.45, 2.75) is 6.18 Å². The monoisotopic (exact) mass is 373 g/mol. The second-order valence-corrected chi connectivity index (χ2v) is 5.60. The molecule has 0 saturated carbocycles. The number of amides is 1. The van der Waals surface area contributed by atoms with E-state index in [0.717, 1.165) is 12.1 Å². The van der Waals surface area contributed by atoms with Crippen LogP contribution in [0.25, 0.3) is 22.4 Å². The van der Waals surface area contributed by atoms with Crippen molar-refractivity contribution in [3.8, 4) is 11.4 Å². The lowest BCUT2D eigenvalue weighted by atomic mass is 10.1. The van der Waals surface area contributed by atoms with E-state index in [1.807, 2.05) is 0 Å². The molecular weight excluding hydrogens is 363 g/mol. The van der Waals surface area contributed by atoms with E-state index in [1.54, 1.807) is 24.3 Å². The Morgan fingerprint density at radius 2 is 2.00 bits per heavy atom. The third kappa shape index (κ3) is 3.21. The number of carbonyl (C=O) groups is 1. The summed E-state index contributed by atoms with van der Waals surface area (Å²) in [5.74, 6) is -0.315. The smallest absolute Gasteiger partial charge is 0.344 e. The van der Waals surface area contributed by atoms with Gasteiger partial charge in [-0.15, -0.1) is 5.10 Å². The van der Waals surface area contributed by atoms with Gasteiger partial charge in [-0.3, -0.25) is 4.79 Å². The highest BCUT2D eigenvalue weighted by molar-refractivity contribution is 6.11. The number of halogens is 3. The molecule has 136 valence electrons. The van der Waals surface area contributed by atoms with Crippen LogP contribution >= 0.6 is 0 Å². The minimum Gasteiger partial charge on any atom is -0.344 e. The van der Waals surface area contributed by atoms with E-state index < -0.39 is 17.6 Å². The van der Waals surface area contributed by atoms with Gasteiger partial charge in [-0.25, -0.2) is 10.1 Å². The first-order valence-electron chi connectivity index (χ1n) is 7.61. The number of H-pyrrole nitrogens is 2. The van der Waals surface area contributed by atoms with Crippen molar-refractivity contribution in [2.24, 2.45) is 0 Å². The largest absolute Gasteiger partial charge is 0.416 e. The Morgan fingerprint density at radius 3 is 2.74 bits per heavy atom. The molecule has 0 aliphatic rings. The number of nitrogens with zero attached hydrogens (tertiary/aromatic N) is 4. The second-order valence-electron chi connectivity index (χ2n) is 5.60. The highest BCUT2D eigenvalue weighted by Gasteiger charge is 2.32. The SMILES string of the molecule is O=C(Nc1cccc(-c2nnn[nH]2)c1)c1cc(C(F)(F)F)cc2nc[nH]c12. The molecule has 0 unspecified atom stereocenters. The van der Waals surface area contributed by atoms with Crippen molar-refractivity contribution in [1.82, 2.24) is 30.6 Å². The fourth-order valence-corrected chi connectivity index (χ4v) is 2.61. The Bertz CT molecular complexity index is 1120. The molecule has 4 rings (SSSR count). The average molecular weight is 373 g/mol. The summed E-state index contributed by atoms with van der Waals surface area (Å²) in [5.41, 5.74) is 0.137. The number of aromatic nitrogens is 6. The molecule has 2 aromatic carbocycles. The quantitative estimate of drug-likeness (QED) is 0.511. The first-order valence-corrected chi connectivity index (χ1v) is 7.61. The van der Waals surface area contributed by atoms with E-state index in [4.69, 9.17) is 0 Å². The zero-order chi connectivity index (χ0) is 19.0. The predicted molar refractivity (Wildman–Crippen MR) is 88.7 cm³/mol. The van der Waals surface area contributed by atoms with Gasteiger partial charge in [0.2, 0.25) is 0 Å². The Morgan fingerprint density at radius 1 is 1.15 bits per heavy atom. The van der Waals surface area contributed by atoms with Crippen LogP contribution < -0.4 is 5.32 Å². The summed E-state index contributed by atoms with van der Waals surface area (Å²) >= 11 is 0. The van der Waals surface area contributed by atoms with Gasteiger partial charge in [0.05, 0.1) is 28.5 Å². The third-order valence-corrected chi connectivity index (χ3v) is 3.84. The third-order valence-electron chi connectivity index (χ3n) is 3.84. The van der Waals surface area contributed by atoms with Crippen LogP contribution in [0.3, 0.4) is 0 Å². The summed E-state index contributed by atoms with van der Waals surface area (Å²) in [5, 5.41) is 15.9. The number of fused-ring (bicyclic) bond motifs is 1. The highest BCUT2D eigenvalue weighted by atomic mass is 19.4. The van der Waals surface area contributed by atoms with Gasteiger partial charge in [0, 0.05) is 11.3 Å². The molecule has 0 radical (unpaired) electrons. The zero-order valence-electron chi connectivity index (χ0n) is 13.4. The molecule has 4 aromatic rings. The molecule has 8 nitrogen and oxygen atoms in total. The molecule has 0 spiro atoms. The highest BCUT2D eigenvalue weighted by Crippen LogP contribution is 2.32. The van der Waals surface area contributed by atoms with Gasteiger partial charge in [0.15, 0.2) is 5.82 Å². The molecule has 0 atom stereocenters. The zero-order valence-corrected chi connectivity index (χ0v) is 13.4. The van der Waals surface area contributed by atoms with Gasteiger partial charge in [-0.05, 0) is 34.7 Å². The molecule has 0 aliphatic heterocycles. The molecule has 0 fully saturated rings. The summed E-state index contributed by atoms with van der Waals surface area (Å²) in [4.78, 5) is 19.2. The van der Waals surface area contributed by atoms with E-state index in [-0.39, 0.29) is 16.6 Å². The van der Waals surface area contributed by atoms with E-state index >= 15 is 0 Å². The van der Waals surface area contributed by atoms with Crippen molar-refractivity contribution < 1.29 is 18.0 Å². The average Bonchev–Trinajstić information content (AvgIpc) is 3.32. The number of tetrazole rings is 1. The number of imidazole rings is 1. The molecule has 1 amide bonds. The summed E-state index contributed by atoms with van der Waals surface area (Å²) in [6, 6.07) is 8.25. The van der Waals surface area contributed by atoms with E-state index in [0.29, 0.717) is 17.1 Å². The second kappa shape index (κ2) is 6.20. The first-order chi connectivity index (χ1) is 12.9. The Kier molecular flexibility index (Phi) is 3.83. The van der Waals surface area contributed by atoms with Crippen molar-refractivity contribution >= 4 is 22.6 Å². The Labute approximate surface area is 148 Å². The molecule has 0 saturated heterocycles. The van der Waals surface area contributed by atoms with Crippen LogP contribution in [0.4, 0.5) is 18.9 Å². The summed E-state index contributed by atoms with van der Waals surface area (Å²) in [6.45, 7) is 0. The van der Waals surface area contributed by atoms with Gasteiger partial charge < -0.3 is 10.3 Å². The van der Waals surface area contributed by atoms with Crippen molar-refractivity contribution in [3.63, 3.8) is 0 Å². The summed E-state index contributed by atoms with van der Waals surface area (Å²) < 4.78 is 39.3. The van der Waals surface area contributed by atoms with Crippen LogP contribution in [0.2, 0.25) is 0 Å². The minimum absolute atomic E-state index is 0.0523. The van der Waals surface area contributed by atoms with Crippen LogP contribution in [0, 0.1) is 0 Å². The lowest BCUT2D eigenvalue weighted by molar-refractivity contribution is -0.137. The van der Waals surface area contributed by atoms with Crippen LogP contribution in [-0.4, -0.2) is 36.5 Å². The molecule has 11 heteroatoms. The number of carbonyl (C=O) groups excluding carboxylic acids is 1. The number of benzene rings is 2. The number of alkyl halides is 3. The fourth-order valence-electron chi connectivity index (χ4n) is 2.61. The Balaban J connectivity index is 1.70. The van der Waals surface area contributed by atoms with Crippen molar-refractivity contribution in [3.05, 3.63) is 53.9 Å². The number of nitrogens with one attached hydrogen (secondary N) is 3. The minimum atomic E-state index is -4.60. The molecule has 3 N–H and O–H groups in total. The maximum Gasteiger partial charge on any atom is 0.416 e. The van der Waals surface area contributed by atoms with Crippen LogP contribution in [0.1, 0.15) is 15.9 Å². The van der Waals surface area contributed by atoms with Gasteiger partial charge >= 0.3 is 6.18 Å². The first kappa shape index (κ1) is 16.7. The van der Waals surface area contributed by atoms with Gasteiger partial charge in [-0.2, -0.15) is 13.2 Å². The normalized spacial score (nSPS) is 11.7. The van der Waals surface area contributed by atoms with Crippen molar-refractivity contribution in [1.29, 1.82) is 0 Å². The summed E-state index contributed by atoms with van der Waals surface area (Å²) in [7, 11) is 0. The van der Waals surface area contributed by atoms with Crippen LogP contribution in [0.15, 0.2) is 42.7 Å². The standard InChI is InChI=1S/C16H10F3N7O/c17-16(18,19)9-5-11(13-12(6-9)20-7-21-13)15(27)22-10-3-1-2-8(4-10)14-23-25-26-24-14/h1-7H,(H,20,21)(H,22,27)(H,23,24,25,26). The molecule has 0 bridgehead atoms. The van der Waals surface area contributed by atoms with Gasteiger partial charge in [-0.1, -0.05) is 12.1 Å². The van der Waals surface area contributed by atoms with Gasteiger partial charge in [0.25, 0.3) is 5.91 Å². The molecule has 2 aromatic heterocycles. The molecular formula is C16H10F3N7O.